The summed E-state index contributed by atoms with van der Waals surface area (Å²) >= 11 is 0. The Hall–Kier alpha value is -1.70. The van der Waals surface area contributed by atoms with Gasteiger partial charge in [0, 0.05) is 5.56 Å². The average Bonchev–Trinajstić information content (AvgIpc) is 3.18. The van der Waals surface area contributed by atoms with Crippen LogP contribution in [-0.2, 0) is 11.0 Å². The zero-order valence-electron chi connectivity index (χ0n) is 12.7. The maximum Gasteiger partial charge on any atom is 0.419 e. The van der Waals surface area contributed by atoms with Crippen LogP contribution in [0, 0.1) is 17.6 Å². The van der Waals surface area contributed by atoms with Crippen molar-refractivity contribution in [3.05, 3.63) is 34.9 Å². The molecule has 1 amide bonds. The summed E-state index contributed by atoms with van der Waals surface area (Å²) in [5.74, 6) is -3.09. The minimum absolute atomic E-state index is 0.0824. The smallest absolute Gasteiger partial charge is 0.348 e. The van der Waals surface area contributed by atoms with Crippen LogP contribution < -0.4 is 10.6 Å². The Balaban J connectivity index is 1.86. The van der Waals surface area contributed by atoms with Crippen LogP contribution in [-0.4, -0.2) is 18.5 Å². The second-order valence-corrected chi connectivity index (χ2v) is 6.32. The third-order valence-corrected chi connectivity index (χ3v) is 4.49. The van der Waals surface area contributed by atoms with E-state index in [4.69, 9.17) is 0 Å². The summed E-state index contributed by atoms with van der Waals surface area (Å²) in [4.78, 5) is 12.2. The maximum absolute atomic E-state index is 14.2. The number of nitrogens with one attached hydrogen (secondary N) is 2. The fraction of sp³-hybridized carbons (Fsp3) is 0.562. The summed E-state index contributed by atoms with van der Waals surface area (Å²) in [5, 5.41) is 5.67. The molecule has 1 heterocycles. The predicted octanol–water partition coefficient (Wildman–Crippen LogP) is 3.30. The van der Waals surface area contributed by atoms with Crippen molar-refractivity contribution in [2.45, 2.75) is 43.9 Å². The summed E-state index contributed by atoms with van der Waals surface area (Å²) in [7, 11) is 0. The van der Waals surface area contributed by atoms with Crippen molar-refractivity contribution in [3.63, 3.8) is 0 Å². The van der Waals surface area contributed by atoms with Crippen molar-refractivity contribution in [1.82, 2.24) is 10.6 Å². The number of rotatable bonds is 4. The van der Waals surface area contributed by atoms with Gasteiger partial charge in [-0.05, 0) is 50.3 Å². The highest BCUT2D eigenvalue weighted by molar-refractivity contribution is 5.82. The van der Waals surface area contributed by atoms with Gasteiger partial charge in [-0.3, -0.25) is 4.79 Å². The summed E-state index contributed by atoms with van der Waals surface area (Å²) in [5.41, 5.74) is -1.86. The van der Waals surface area contributed by atoms with E-state index in [2.05, 4.69) is 10.6 Å². The highest BCUT2D eigenvalue weighted by Gasteiger charge is 2.40. The summed E-state index contributed by atoms with van der Waals surface area (Å²) in [6.07, 6.45) is -2.05. The SMILES string of the molecule is O=C(N[C@@H](c1cc(F)c(C(F)(F)F)cc1F)C1CC1)[C@H]1CCCN1. The molecule has 3 rings (SSSR count). The number of amides is 1. The average molecular weight is 348 g/mol. The van der Waals surface area contributed by atoms with E-state index in [1.54, 1.807) is 0 Å². The first-order chi connectivity index (χ1) is 11.3. The van der Waals surface area contributed by atoms with E-state index in [1.807, 2.05) is 0 Å². The normalized spacial score (nSPS) is 22.5. The van der Waals surface area contributed by atoms with Crippen molar-refractivity contribution in [2.75, 3.05) is 6.54 Å². The van der Waals surface area contributed by atoms with Crippen molar-refractivity contribution in [3.8, 4) is 0 Å². The molecule has 1 aromatic rings. The topological polar surface area (TPSA) is 41.1 Å². The van der Waals surface area contributed by atoms with Crippen LogP contribution in [0.2, 0.25) is 0 Å². The van der Waals surface area contributed by atoms with Crippen molar-refractivity contribution in [2.24, 2.45) is 5.92 Å². The first kappa shape index (κ1) is 17.1. The lowest BCUT2D eigenvalue weighted by molar-refractivity contribution is -0.140. The van der Waals surface area contributed by atoms with Gasteiger partial charge in [0.1, 0.15) is 11.6 Å². The molecule has 132 valence electrons. The lowest BCUT2D eigenvalue weighted by Crippen LogP contribution is -2.42. The van der Waals surface area contributed by atoms with Crippen LogP contribution in [0.5, 0.6) is 0 Å². The first-order valence-electron chi connectivity index (χ1n) is 7.87. The van der Waals surface area contributed by atoms with Crippen molar-refractivity contribution in [1.29, 1.82) is 0 Å². The number of carbonyl (C=O) groups is 1. The van der Waals surface area contributed by atoms with Crippen LogP contribution >= 0.6 is 0 Å². The van der Waals surface area contributed by atoms with Gasteiger partial charge in [0.15, 0.2) is 0 Å². The Morgan fingerprint density at radius 3 is 2.42 bits per heavy atom. The summed E-state index contributed by atoms with van der Waals surface area (Å²) < 4.78 is 66.0. The van der Waals surface area contributed by atoms with Gasteiger partial charge >= 0.3 is 6.18 Å². The minimum atomic E-state index is -4.96. The molecule has 8 heteroatoms. The number of halogens is 5. The van der Waals surface area contributed by atoms with Gasteiger partial charge in [-0.2, -0.15) is 13.2 Å². The van der Waals surface area contributed by atoms with E-state index in [9.17, 15) is 26.7 Å². The third-order valence-electron chi connectivity index (χ3n) is 4.49. The Morgan fingerprint density at radius 1 is 1.17 bits per heavy atom. The largest absolute Gasteiger partial charge is 0.419 e. The molecule has 0 radical (unpaired) electrons. The van der Waals surface area contributed by atoms with Gasteiger partial charge in [0.05, 0.1) is 17.6 Å². The summed E-state index contributed by atoms with van der Waals surface area (Å²) in [6, 6.07) is -0.478. The van der Waals surface area contributed by atoms with Gasteiger partial charge in [-0.15, -0.1) is 0 Å². The highest BCUT2D eigenvalue weighted by atomic mass is 19.4. The Labute approximate surface area is 135 Å². The van der Waals surface area contributed by atoms with E-state index >= 15 is 0 Å². The molecule has 0 bridgehead atoms. The molecule has 2 fully saturated rings. The third kappa shape index (κ3) is 3.53. The monoisotopic (exact) mass is 348 g/mol. The first-order valence-corrected chi connectivity index (χ1v) is 7.87. The van der Waals surface area contributed by atoms with Crippen molar-refractivity contribution < 1.29 is 26.7 Å². The number of alkyl halides is 3. The van der Waals surface area contributed by atoms with E-state index in [0.717, 1.165) is 6.42 Å². The Kier molecular flexibility index (Phi) is 4.50. The van der Waals surface area contributed by atoms with Crippen molar-refractivity contribution >= 4 is 5.91 Å². The fourth-order valence-electron chi connectivity index (χ4n) is 3.06. The zero-order chi connectivity index (χ0) is 17.5. The number of benzene rings is 1. The molecule has 0 unspecified atom stereocenters. The second kappa shape index (κ2) is 6.31. The highest BCUT2D eigenvalue weighted by Crippen LogP contribution is 2.43. The zero-order valence-corrected chi connectivity index (χ0v) is 12.7. The van der Waals surface area contributed by atoms with Crippen LogP contribution in [0.1, 0.15) is 42.9 Å². The Bertz CT molecular complexity index is 636. The standard InChI is InChI=1S/C16H17F5N2O/c17-11-7-10(16(19,20)21)12(18)6-9(11)14(8-3-4-8)23-15(24)13-2-1-5-22-13/h6-8,13-14,22H,1-5H2,(H,23,24)/t13-,14-/m1/s1. The van der Waals surface area contributed by atoms with Gasteiger partial charge in [0.2, 0.25) is 5.91 Å². The van der Waals surface area contributed by atoms with E-state index in [0.29, 0.717) is 31.9 Å². The molecule has 1 saturated carbocycles. The van der Waals surface area contributed by atoms with Gasteiger partial charge in [0.25, 0.3) is 0 Å². The molecule has 24 heavy (non-hydrogen) atoms. The van der Waals surface area contributed by atoms with E-state index in [-0.39, 0.29) is 23.5 Å². The quantitative estimate of drug-likeness (QED) is 0.820. The fourth-order valence-corrected chi connectivity index (χ4v) is 3.06. The van der Waals surface area contributed by atoms with Gasteiger partial charge in [-0.25, -0.2) is 8.78 Å². The Morgan fingerprint density at radius 2 is 1.88 bits per heavy atom. The van der Waals surface area contributed by atoms with Crippen LogP contribution in [0.15, 0.2) is 12.1 Å². The van der Waals surface area contributed by atoms with Gasteiger partial charge in [-0.1, -0.05) is 0 Å². The molecule has 3 nitrogen and oxygen atoms in total. The minimum Gasteiger partial charge on any atom is -0.348 e. The van der Waals surface area contributed by atoms with E-state index in [1.165, 1.54) is 0 Å². The molecule has 1 saturated heterocycles. The van der Waals surface area contributed by atoms with Crippen LogP contribution in [0.25, 0.3) is 0 Å². The number of carbonyl (C=O) groups excluding carboxylic acids is 1. The number of hydrogen-bond donors (Lipinski definition) is 2. The van der Waals surface area contributed by atoms with Crippen LogP contribution in [0.3, 0.4) is 0 Å². The molecule has 2 aliphatic rings. The van der Waals surface area contributed by atoms with E-state index < -0.39 is 35.5 Å². The molecule has 1 aliphatic heterocycles. The molecule has 2 N–H and O–H groups in total. The van der Waals surface area contributed by atoms with Gasteiger partial charge < -0.3 is 10.6 Å². The summed E-state index contributed by atoms with van der Waals surface area (Å²) in [6.45, 7) is 0.704. The molecule has 1 aromatic carbocycles. The number of hydrogen-bond acceptors (Lipinski definition) is 2. The molecule has 0 spiro atoms. The lowest BCUT2D eigenvalue weighted by atomic mass is 9.98. The maximum atomic E-state index is 14.2. The predicted molar refractivity (Wildman–Crippen MR) is 76.0 cm³/mol. The van der Waals surface area contributed by atoms with Crippen LogP contribution in [0.4, 0.5) is 22.0 Å². The molecular formula is C16H17F5N2O. The lowest BCUT2D eigenvalue weighted by Gasteiger charge is -2.22. The molecule has 0 aromatic heterocycles. The molecular weight excluding hydrogens is 331 g/mol. The second-order valence-electron chi connectivity index (χ2n) is 6.32. The molecule has 1 aliphatic carbocycles. The molecule has 2 atom stereocenters.